The van der Waals surface area contributed by atoms with Crippen molar-refractivity contribution in [2.24, 2.45) is 9.98 Å². The number of β-amino-alcohol motifs (C(OH)–C–C–N with tert-alkyl or cyclic N) is 1. The zero-order valence-corrected chi connectivity index (χ0v) is 16.2. The summed E-state index contributed by atoms with van der Waals surface area (Å²) >= 11 is 1.70. The van der Waals surface area contributed by atoms with E-state index in [0.717, 1.165) is 41.3 Å². The SMILES string of the molecule is OC1CCN(C2=Nc3ccccc3C(c3ccccc3)=NC2c2cccs2)C1. The van der Waals surface area contributed by atoms with Crippen LogP contribution < -0.4 is 0 Å². The number of para-hydroxylation sites is 1. The number of aliphatic hydroxyl groups excluding tert-OH is 1. The van der Waals surface area contributed by atoms with Gasteiger partial charge >= 0.3 is 0 Å². The lowest BCUT2D eigenvalue weighted by atomic mass is 10.0. The van der Waals surface area contributed by atoms with Gasteiger partial charge in [0.1, 0.15) is 11.9 Å². The van der Waals surface area contributed by atoms with E-state index in [0.29, 0.717) is 6.54 Å². The third-order valence-electron chi connectivity index (χ3n) is 5.24. The molecule has 0 radical (unpaired) electrons. The average Bonchev–Trinajstić information content (AvgIpc) is 3.38. The van der Waals surface area contributed by atoms with E-state index in [1.165, 1.54) is 4.88 Å². The predicted molar refractivity (Wildman–Crippen MR) is 115 cm³/mol. The maximum atomic E-state index is 10.1. The Morgan fingerprint density at radius 2 is 1.79 bits per heavy atom. The van der Waals surface area contributed by atoms with Crippen molar-refractivity contribution < 1.29 is 5.11 Å². The van der Waals surface area contributed by atoms with Crippen LogP contribution in [0.15, 0.2) is 82.1 Å². The highest BCUT2D eigenvalue weighted by atomic mass is 32.1. The van der Waals surface area contributed by atoms with E-state index in [9.17, 15) is 5.11 Å². The molecule has 2 unspecified atom stereocenters. The lowest BCUT2D eigenvalue weighted by Crippen LogP contribution is -2.33. The zero-order valence-electron chi connectivity index (χ0n) is 15.4. The fourth-order valence-corrected chi connectivity index (χ4v) is 4.63. The molecule has 5 heteroatoms. The van der Waals surface area contributed by atoms with Gasteiger partial charge in [-0.05, 0) is 23.9 Å². The largest absolute Gasteiger partial charge is 0.391 e. The molecule has 1 fully saturated rings. The van der Waals surface area contributed by atoms with Crippen molar-refractivity contribution in [3.63, 3.8) is 0 Å². The Labute approximate surface area is 168 Å². The van der Waals surface area contributed by atoms with Crippen LogP contribution >= 0.6 is 11.3 Å². The molecule has 0 bridgehead atoms. The van der Waals surface area contributed by atoms with Crippen molar-refractivity contribution in [3.05, 3.63) is 88.1 Å². The van der Waals surface area contributed by atoms with Gasteiger partial charge in [-0.15, -0.1) is 11.3 Å². The second kappa shape index (κ2) is 7.34. The van der Waals surface area contributed by atoms with Crippen LogP contribution in [0.2, 0.25) is 0 Å². The molecule has 2 aromatic carbocycles. The Hall–Kier alpha value is -2.76. The Bertz CT molecular complexity index is 1030. The summed E-state index contributed by atoms with van der Waals surface area (Å²) in [6.45, 7) is 1.42. The van der Waals surface area contributed by atoms with Gasteiger partial charge in [0.05, 0.1) is 17.5 Å². The van der Waals surface area contributed by atoms with Gasteiger partial charge in [-0.3, -0.25) is 4.99 Å². The summed E-state index contributed by atoms with van der Waals surface area (Å²) in [5, 5.41) is 12.2. The topological polar surface area (TPSA) is 48.2 Å². The normalized spacial score (nSPS) is 21.7. The quantitative estimate of drug-likeness (QED) is 0.707. The molecule has 2 aliphatic heterocycles. The molecule has 3 heterocycles. The van der Waals surface area contributed by atoms with E-state index in [-0.39, 0.29) is 12.1 Å². The first-order valence-electron chi connectivity index (χ1n) is 9.57. The van der Waals surface area contributed by atoms with Crippen molar-refractivity contribution >= 4 is 28.6 Å². The van der Waals surface area contributed by atoms with Crippen molar-refractivity contribution in [3.8, 4) is 0 Å². The van der Waals surface area contributed by atoms with Gasteiger partial charge in [0.15, 0.2) is 0 Å². The number of amidine groups is 1. The summed E-state index contributed by atoms with van der Waals surface area (Å²) in [5.41, 5.74) is 4.04. The number of likely N-dealkylation sites (tertiary alicyclic amines) is 1. The molecule has 2 atom stereocenters. The summed E-state index contributed by atoms with van der Waals surface area (Å²) in [4.78, 5) is 13.7. The highest BCUT2D eigenvalue weighted by Crippen LogP contribution is 2.35. The molecule has 140 valence electrons. The van der Waals surface area contributed by atoms with Gasteiger partial charge in [0.2, 0.25) is 0 Å². The summed E-state index contributed by atoms with van der Waals surface area (Å²) in [6, 6.07) is 22.5. The molecule has 28 heavy (non-hydrogen) atoms. The first kappa shape index (κ1) is 17.3. The number of rotatable bonds is 2. The van der Waals surface area contributed by atoms with Crippen LogP contribution in [0.25, 0.3) is 0 Å². The van der Waals surface area contributed by atoms with Gasteiger partial charge in [0.25, 0.3) is 0 Å². The minimum absolute atomic E-state index is 0.173. The number of hydrogen-bond acceptors (Lipinski definition) is 5. The number of nitrogens with zero attached hydrogens (tertiary/aromatic N) is 3. The smallest absolute Gasteiger partial charge is 0.142 e. The Morgan fingerprint density at radius 1 is 0.964 bits per heavy atom. The summed E-state index contributed by atoms with van der Waals surface area (Å²) in [5.74, 6) is 0.928. The summed E-state index contributed by atoms with van der Waals surface area (Å²) < 4.78 is 0. The number of hydrogen-bond donors (Lipinski definition) is 1. The first-order chi connectivity index (χ1) is 13.8. The Morgan fingerprint density at radius 3 is 2.54 bits per heavy atom. The summed E-state index contributed by atoms with van der Waals surface area (Å²) in [7, 11) is 0. The van der Waals surface area contributed by atoms with Gasteiger partial charge in [-0.1, -0.05) is 54.6 Å². The highest BCUT2D eigenvalue weighted by Gasteiger charge is 2.32. The molecule has 4 nitrogen and oxygen atoms in total. The molecule has 0 aliphatic carbocycles. The third kappa shape index (κ3) is 3.17. The van der Waals surface area contributed by atoms with Gasteiger partial charge in [-0.2, -0.15) is 0 Å². The predicted octanol–water partition coefficient (Wildman–Crippen LogP) is 4.44. The molecule has 5 rings (SSSR count). The molecule has 3 aromatic rings. The number of aliphatic imine (C=N–C) groups is 2. The third-order valence-corrected chi connectivity index (χ3v) is 6.17. The number of benzene rings is 2. The van der Waals surface area contributed by atoms with E-state index in [1.807, 2.05) is 30.3 Å². The van der Waals surface area contributed by atoms with Crippen molar-refractivity contribution in [2.75, 3.05) is 13.1 Å². The van der Waals surface area contributed by atoms with Crippen molar-refractivity contribution in [1.29, 1.82) is 0 Å². The number of aliphatic hydroxyl groups is 1. The van der Waals surface area contributed by atoms with Crippen molar-refractivity contribution in [1.82, 2.24) is 4.90 Å². The maximum absolute atomic E-state index is 10.1. The monoisotopic (exact) mass is 387 g/mol. The standard InChI is InChI=1S/C23H21N3OS/c27-17-12-13-26(15-17)23-22(20-11-6-14-28-20)25-21(16-7-2-1-3-8-16)18-9-4-5-10-19(18)24-23/h1-11,14,17,22,27H,12-13,15H2. The molecule has 2 aliphatic rings. The molecule has 1 aromatic heterocycles. The molecule has 0 amide bonds. The first-order valence-corrected chi connectivity index (χ1v) is 10.4. The fourth-order valence-electron chi connectivity index (χ4n) is 3.87. The Kier molecular flexibility index (Phi) is 4.55. The van der Waals surface area contributed by atoms with Crippen molar-refractivity contribution in [2.45, 2.75) is 18.6 Å². The molecule has 1 N–H and O–H groups in total. The highest BCUT2D eigenvalue weighted by molar-refractivity contribution is 7.10. The van der Waals surface area contributed by atoms with Gasteiger partial charge in [0, 0.05) is 29.1 Å². The molecular formula is C23H21N3OS. The molecule has 0 saturated carbocycles. The van der Waals surface area contributed by atoms with Crippen LogP contribution in [0.1, 0.15) is 28.5 Å². The minimum atomic E-state index is -0.303. The van der Waals surface area contributed by atoms with Crippen LogP contribution in [0, 0.1) is 0 Å². The maximum Gasteiger partial charge on any atom is 0.142 e. The number of thiophene rings is 1. The van der Waals surface area contributed by atoms with Crippen LogP contribution in [0.3, 0.4) is 0 Å². The molecule has 0 spiro atoms. The fraction of sp³-hybridized carbons (Fsp3) is 0.217. The van der Waals surface area contributed by atoms with Crippen LogP contribution in [-0.4, -0.2) is 40.7 Å². The average molecular weight is 388 g/mol. The molecular weight excluding hydrogens is 366 g/mol. The van der Waals surface area contributed by atoms with Crippen LogP contribution in [-0.2, 0) is 0 Å². The second-order valence-corrected chi connectivity index (χ2v) is 8.12. The van der Waals surface area contributed by atoms with E-state index in [4.69, 9.17) is 9.98 Å². The van der Waals surface area contributed by atoms with Crippen LogP contribution in [0.4, 0.5) is 5.69 Å². The van der Waals surface area contributed by atoms with Gasteiger partial charge < -0.3 is 10.0 Å². The zero-order chi connectivity index (χ0) is 18.9. The van der Waals surface area contributed by atoms with E-state index in [1.54, 1.807) is 11.3 Å². The molecule has 1 saturated heterocycles. The number of fused-ring (bicyclic) bond motifs is 1. The lowest BCUT2D eigenvalue weighted by Gasteiger charge is -2.24. The second-order valence-electron chi connectivity index (χ2n) is 7.14. The van der Waals surface area contributed by atoms with Gasteiger partial charge in [-0.25, -0.2) is 4.99 Å². The van der Waals surface area contributed by atoms with E-state index in [2.05, 4.69) is 46.7 Å². The summed E-state index contributed by atoms with van der Waals surface area (Å²) in [6.07, 6.45) is 0.468. The van der Waals surface area contributed by atoms with Crippen LogP contribution in [0.5, 0.6) is 0 Å². The Balaban J connectivity index is 1.72. The lowest BCUT2D eigenvalue weighted by molar-refractivity contribution is 0.188. The van der Waals surface area contributed by atoms with E-state index < -0.39 is 0 Å². The van der Waals surface area contributed by atoms with E-state index >= 15 is 0 Å². The minimum Gasteiger partial charge on any atom is -0.391 e.